The minimum atomic E-state index is -1.02. The number of aromatic carboxylic acids is 1. The molecule has 8 nitrogen and oxygen atoms in total. The molecule has 1 aliphatic rings. The largest absolute Gasteiger partial charge is 0.488 e. The van der Waals surface area contributed by atoms with Crippen LogP contribution in [0.3, 0.4) is 0 Å². The van der Waals surface area contributed by atoms with Crippen molar-refractivity contribution in [3.63, 3.8) is 0 Å². The molecule has 1 heterocycles. The van der Waals surface area contributed by atoms with Gasteiger partial charge in [0.25, 0.3) is 11.1 Å². The van der Waals surface area contributed by atoms with Crippen LogP contribution in [-0.4, -0.2) is 39.6 Å². The lowest BCUT2D eigenvalue weighted by molar-refractivity contribution is -0.127. The number of amides is 3. The van der Waals surface area contributed by atoms with E-state index in [4.69, 9.17) is 21.4 Å². The molecule has 3 aromatic rings. The molecule has 3 amide bonds. The number of hydrogen-bond acceptors (Lipinski definition) is 6. The fourth-order valence-electron chi connectivity index (χ4n) is 3.34. The summed E-state index contributed by atoms with van der Waals surface area (Å²) in [4.78, 5) is 50.0. The number of thioether (sulfide) groups is 1. The van der Waals surface area contributed by atoms with Crippen LogP contribution in [0.25, 0.3) is 6.08 Å². The van der Waals surface area contributed by atoms with E-state index in [1.807, 2.05) is 0 Å². The van der Waals surface area contributed by atoms with E-state index in [0.717, 1.165) is 26.7 Å². The predicted octanol–water partition coefficient (Wildman–Crippen LogP) is 6.05. The topological polar surface area (TPSA) is 113 Å². The number of carbonyl (C=O) groups is 4. The SMILES string of the molecule is O=C(CN1C(=O)S/C(=C/c2cc(Br)ccc2OCc2ccc(C(=O)O)cc2)C1=O)Nc1ccccc1Cl. The van der Waals surface area contributed by atoms with Gasteiger partial charge in [-0.3, -0.25) is 19.3 Å². The molecule has 37 heavy (non-hydrogen) atoms. The van der Waals surface area contributed by atoms with Crippen LogP contribution in [0, 0.1) is 0 Å². The number of anilines is 1. The summed E-state index contributed by atoms with van der Waals surface area (Å²) in [6.45, 7) is -0.298. The third-order valence-corrected chi connectivity index (χ3v) is 6.91. The number of nitrogens with one attached hydrogen (secondary N) is 1. The highest BCUT2D eigenvalue weighted by atomic mass is 79.9. The van der Waals surface area contributed by atoms with Crippen molar-refractivity contribution in [3.05, 3.63) is 97.8 Å². The summed E-state index contributed by atoms with van der Waals surface area (Å²) in [5.41, 5.74) is 1.85. The fraction of sp³-hybridized carbons (Fsp3) is 0.0769. The molecule has 4 rings (SSSR count). The summed E-state index contributed by atoms with van der Waals surface area (Å²) in [6, 6.07) is 18.1. The highest BCUT2D eigenvalue weighted by molar-refractivity contribution is 9.10. The number of halogens is 2. The Morgan fingerprint density at radius 3 is 2.51 bits per heavy atom. The van der Waals surface area contributed by atoms with Gasteiger partial charge in [-0.2, -0.15) is 0 Å². The zero-order chi connectivity index (χ0) is 26.5. The van der Waals surface area contributed by atoms with Crippen LogP contribution in [0.2, 0.25) is 5.02 Å². The van der Waals surface area contributed by atoms with Gasteiger partial charge in [-0.15, -0.1) is 0 Å². The van der Waals surface area contributed by atoms with Crippen molar-refractivity contribution in [3.8, 4) is 5.75 Å². The summed E-state index contributed by atoms with van der Waals surface area (Å²) in [5, 5.41) is 11.4. The number of para-hydroxylation sites is 1. The first-order valence-corrected chi connectivity index (χ1v) is 12.7. The number of nitrogens with zero attached hydrogens (tertiary/aromatic N) is 1. The summed E-state index contributed by atoms with van der Waals surface area (Å²) in [6.07, 6.45) is 1.53. The van der Waals surface area contributed by atoms with E-state index < -0.39 is 29.6 Å². The summed E-state index contributed by atoms with van der Waals surface area (Å²) in [7, 11) is 0. The molecule has 1 saturated heterocycles. The zero-order valence-electron chi connectivity index (χ0n) is 18.9. The van der Waals surface area contributed by atoms with E-state index in [-0.39, 0.29) is 17.1 Å². The molecule has 0 saturated carbocycles. The smallest absolute Gasteiger partial charge is 0.335 e. The number of imide groups is 1. The van der Waals surface area contributed by atoms with Crippen molar-refractivity contribution in [1.29, 1.82) is 0 Å². The molecule has 1 fully saturated rings. The minimum Gasteiger partial charge on any atom is -0.488 e. The quantitative estimate of drug-likeness (QED) is 0.302. The van der Waals surface area contributed by atoms with Gasteiger partial charge in [-0.05, 0) is 65.9 Å². The molecule has 2 N–H and O–H groups in total. The lowest BCUT2D eigenvalue weighted by atomic mass is 10.1. The van der Waals surface area contributed by atoms with Crippen LogP contribution in [0.15, 0.2) is 76.1 Å². The average Bonchev–Trinajstić information content (AvgIpc) is 3.12. The second kappa shape index (κ2) is 11.6. The summed E-state index contributed by atoms with van der Waals surface area (Å²) >= 11 is 10.2. The Balaban J connectivity index is 1.47. The Labute approximate surface area is 229 Å². The van der Waals surface area contributed by atoms with Crippen LogP contribution >= 0.6 is 39.3 Å². The lowest BCUT2D eigenvalue weighted by Gasteiger charge is -2.13. The standard InChI is InChI=1S/C26H18BrClN2O6S/c27-18-9-10-21(36-14-15-5-7-16(8-6-15)25(33)34)17(11-18)12-22-24(32)30(26(35)37-22)13-23(31)29-20-4-2-1-3-19(20)28/h1-12H,13-14H2,(H,29,31)(H,33,34)/b22-12+. The molecular formula is C26H18BrClN2O6S. The molecule has 0 spiro atoms. The van der Waals surface area contributed by atoms with Gasteiger partial charge >= 0.3 is 5.97 Å². The maximum absolute atomic E-state index is 12.9. The first-order valence-electron chi connectivity index (χ1n) is 10.8. The predicted molar refractivity (Wildman–Crippen MR) is 145 cm³/mol. The van der Waals surface area contributed by atoms with Gasteiger partial charge in [0.15, 0.2) is 0 Å². The van der Waals surface area contributed by atoms with Gasteiger partial charge in [0.05, 0.1) is 21.2 Å². The highest BCUT2D eigenvalue weighted by Crippen LogP contribution is 2.35. The highest BCUT2D eigenvalue weighted by Gasteiger charge is 2.36. The zero-order valence-corrected chi connectivity index (χ0v) is 22.1. The van der Waals surface area contributed by atoms with Crippen molar-refractivity contribution >= 4 is 74.1 Å². The summed E-state index contributed by atoms with van der Waals surface area (Å²) in [5.74, 6) is -1.72. The van der Waals surface area contributed by atoms with Gasteiger partial charge in [0.2, 0.25) is 5.91 Å². The maximum atomic E-state index is 12.9. The van der Waals surface area contributed by atoms with Gasteiger partial charge in [-0.25, -0.2) is 4.79 Å². The molecule has 11 heteroatoms. The number of carbonyl (C=O) groups excluding carboxylic acids is 3. The maximum Gasteiger partial charge on any atom is 0.335 e. The van der Waals surface area contributed by atoms with Crippen LogP contribution in [0.5, 0.6) is 5.75 Å². The van der Waals surface area contributed by atoms with E-state index in [9.17, 15) is 19.2 Å². The average molecular weight is 602 g/mol. The van der Waals surface area contributed by atoms with E-state index in [1.54, 1.807) is 54.6 Å². The number of rotatable bonds is 8. The molecule has 0 bridgehead atoms. The van der Waals surface area contributed by atoms with E-state index in [0.29, 0.717) is 22.0 Å². The van der Waals surface area contributed by atoms with Crippen LogP contribution in [0.4, 0.5) is 10.5 Å². The summed E-state index contributed by atoms with van der Waals surface area (Å²) < 4.78 is 6.64. The molecular weight excluding hydrogens is 584 g/mol. The van der Waals surface area contributed by atoms with Crippen LogP contribution < -0.4 is 10.1 Å². The molecule has 0 aliphatic carbocycles. The number of carboxylic acids is 1. The first-order chi connectivity index (χ1) is 17.7. The van der Waals surface area contributed by atoms with Gasteiger partial charge < -0.3 is 15.2 Å². The molecule has 188 valence electrons. The number of hydrogen-bond donors (Lipinski definition) is 2. The Bertz CT molecular complexity index is 1430. The molecule has 3 aromatic carbocycles. The van der Waals surface area contributed by atoms with Crippen molar-refractivity contribution in [2.75, 3.05) is 11.9 Å². The molecule has 0 atom stereocenters. The monoisotopic (exact) mass is 600 g/mol. The third-order valence-electron chi connectivity index (χ3n) is 5.18. The Hall–Kier alpha value is -3.60. The number of benzene rings is 3. The minimum absolute atomic E-state index is 0.143. The van der Waals surface area contributed by atoms with Crippen molar-refractivity contribution in [2.24, 2.45) is 0 Å². The third kappa shape index (κ3) is 6.59. The van der Waals surface area contributed by atoms with Crippen molar-refractivity contribution in [1.82, 2.24) is 4.90 Å². The molecule has 0 radical (unpaired) electrons. The first kappa shape index (κ1) is 26.5. The lowest BCUT2D eigenvalue weighted by Crippen LogP contribution is -2.36. The fourth-order valence-corrected chi connectivity index (χ4v) is 4.73. The Morgan fingerprint density at radius 1 is 1.08 bits per heavy atom. The van der Waals surface area contributed by atoms with Gasteiger partial charge in [0, 0.05) is 10.0 Å². The van der Waals surface area contributed by atoms with Crippen LogP contribution in [-0.2, 0) is 16.2 Å². The number of carboxylic acid groups (broad SMARTS) is 1. The Morgan fingerprint density at radius 2 is 1.81 bits per heavy atom. The van der Waals surface area contributed by atoms with E-state index >= 15 is 0 Å². The molecule has 0 aromatic heterocycles. The normalized spacial score (nSPS) is 14.2. The van der Waals surface area contributed by atoms with E-state index in [1.165, 1.54) is 18.2 Å². The van der Waals surface area contributed by atoms with Crippen LogP contribution in [0.1, 0.15) is 21.5 Å². The van der Waals surface area contributed by atoms with Crippen molar-refractivity contribution < 1.29 is 29.0 Å². The van der Waals surface area contributed by atoms with Gasteiger partial charge in [0.1, 0.15) is 18.9 Å². The van der Waals surface area contributed by atoms with E-state index in [2.05, 4.69) is 21.2 Å². The molecule has 0 unspecified atom stereocenters. The molecule has 1 aliphatic heterocycles. The second-order valence-electron chi connectivity index (χ2n) is 7.77. The Kier molecular flexibility index (Phi) is 8.32. The van der Waals surface area contributed by atoms with Crippen molar-refractivity contribution in [2.45, 2.75) is 6.61 Å². The second-order valence-corrected chi connectivity index (χ2v) is 10.1. The van der Waals surface area contributed by atoms with Gasteiger partial charge in [-0.1, -0.05) is 51.8 Å². The number of ether oxygens (including phenoxy) is 1.